The number of carbonyl (C=O) groups is 1. The fraction of sp³-hybridized carbons (Fsp3) is 0.429. The number of hydrogen-bond donors (Lipinski definition) is 0. The molecule has 0 N–H and O–H groups in total. The molecule has 0 saturated carbocycles. The molecule has 152 valence electrons. The minimum Gasteiger partial charge on any atom is -0.356 e. The molecule has 8 heteroatoms. The average Bonchev–Trinajstić information content (AvgIpc) is 3.03. The smallest absolute Gasteiger partial charge is 0.267 e. The maximum Gasteiger partial charge on any atom is 0.267 e. The SMILES string of the molecule is CC[C@@H](C)N1C(=O)/C(=C/c2c(N3CCCCC3)nc3ccccn3c2=O)SC1=S. The standard InChI is InChI=1S/C21H24N4O2S2/c1-3-14(2)25-20(27)16(29-21(25)28)13-15-18(23-10-6-4-7-11-23)22-17-9-5-8-12-24(17)19(15)26/h5,8-9,12-14H,3-4,6-7,10-11H2,1-2H3/b16-13-/t14-/m1/s1. The van der Waals surface area contributed by atoms with Gasteiger partial charge in [0.15, 0.2) is 0 Å². The molecular formula is C21H24N4O2S2. The monoisotopic (exact) mass is 428 g/mol. The minimum absolute atomic E-state index is 0.0331. The number of amides is 1. The Morgan fingerprint density at radius 2 is 2.00 bits per heavy atom. The van der Waals surface area contributed by atoms with Crippen molar-refractivity contribution in [2.75, 3.05) is 18.0 Å². The van der Waals surface area contributed by atoms with Gasteiger partial charge in [-0.2, -0.15) is 0 Å². The van der Waals surface area contributed by atoms with Crippen molar-refractivity contribution < 1.29 is 4.79 Å². The maximum atomic E-state index is 13.3. The van der Waals surface area contributed by atoms with Crippen LogP contribution >= 0.6 is 24.0 Å². The van der Waals surface area contributed by atoms with Crippen molar-refractivity contribution in [3.63, 3.8) is 0 Å². The number of rotatable bonds is 4. The first-order valence-electron chi connectivity index (χ1n) is 10.0. The lowest BCUT2D eigenvalue weighted by atomic mass is 10.1. The number of carbonyl (C=O) groups excluding carboxylic acids is 1. The van der Waals surface area contributed by atoms with Gasteiger partial charge in [0, 0.05) is 25.3 Å². The van der Waals surface area contributed by atoms with Gasteiger partial charge >= 0.3 is 0 Å². The summed E-state index contributed by atoms with van der Waals surface area (Å²) in [6.07, 6.45) is 7.56. The molecule has 2 saturated heterocycles. The van der Waals surface area contributed by atoms with Crippen LogP contribution in [0.3, 0.4) is 0 Å². The van der Waals surface area contributed by atoms with Crippen molar-refractivity contribution in [1.82, 2.24) is 14.3 Å². The number of thioether (sulfide) groups is 1. The minimum atomic E-state index is -0.162. The molecule has 0 radical (unpaired) electrons. The fourth-order valence-electron chi connectivity index (χ4n) is 3.74. The van der Waals surface area contributed by atoms with Gasteiger partial charge in [-0.3, -0.25) is 18.9 Å². The van der Waals surface area contributed by atoms with Gasteiger partial charge in [-0.05, 0) is 50.8 Å². The van der Waals surface area contributed by atoms with E-state index < -0.39 is 0 Å². The van der Waals surface area contributed by atoms with Crippen LogP contribution in [0, 0.1) is 0 Å². The van der Waals surface area contributed by atoms with E-state index in [-0.39, 0.29) is 17.5 Å². The van der Waals surface area contributed by atoms with Gasteiger partial charge in [0.1, 0.15) is 15.8 Å². The summed E-state index contributed by atoms with van der Waals surface area (Å²) in [6, 6.07) is 5.55. The quantitative estimate of drug-likeness (QED) is 0.547. The first kappa shape index (κ1) is 20.1. The number of pyridine rings is 1. The van der Waals surface area contributed by atoms with Crippen molar-refractivity contribution in [3.05, 3.63) is 45.2 Å². The van der Waals surface area contributed by atoms with E-state index in [1.807, 2.05) is 32.0 Å². The topological polar surface area (TPSA) is 57.9 Å². The van der Waals surface area contributed by atoms with Gasteiger partial charge < -0.3 is 4.90 Å². The lowest BCUT2D eigenvalue weighted by Gasteiger charge is -2.29. The molecule has 0 unspecified atom stereocenters. The highest BCUT2D eigenvalue weighted by molar-refractivity contribution is 8.26. The highest BCUT2D eigenvalue weighted by Crippen LogP contribution is 2.35. The highest BCUT2D eigenvalue weighted by Gasteiger charge is 2.35. The molecule has 0 aromatic carbocycles. The number of piperidine rings is 1. The Labute approximate surface area is 179 Å². The van der Waals surface area contributed by atoms with Gasteiger partial charge in [-0.1, -0.05) is 37.0 Å². The van der Waals surface area contributed by atoms with E-state index in [4.69, 9.17) is 17.2 Å². The largest absolute Gasteiger partial charge is 0.356 e. The first-order chi connectivity index (χ1) is 14.0. The first-order valence-corrected chi connectivity index (χ1v) is 11.3. The van der Waals surface area contributed by atoms with Gasteiger partial charge in [0.25, 0.3) is 11.5 Å². The molecule has 4 heterocycles. The number of hydrogen-bond acceptors (Lipinski definition) is 6. The predicted molar refractivity (Wildman–Crippen MR) is 122 cm³/mol. The summed E-state index contributed by atoms with van der Waals surface area (Å²) in [7, 11) is 0. The zero-order valence-electron chi connectivity index (χ0n) is 16.6. The molecule has 2 aliphatic heterocycles. The molecule has 1 atom stereocenters. The number of aromatic nitrogens is 2. The summed E-state index contributed by atoms with van der Waals surface area (Å²) in [5.74, 6) is 0.534. The second-order valence-electron chi connectivity index (χ2n) is 7.44. The summed E-state index contributed by atoms with van der Waals surface area (Å²) < 4.78 is 2.08. The third-order valence-corrected chi connectivity index (χ3v) is 6.87. The van der Waals surface area contributed by atoms with E-state index in [0.717, 1.165) is 32.4 Å². The van der Waals surface area contributed by atoms with Crippen LogP contribution in [0.5, 0.6) is 0 Å². The molecule has 0 bridgehead atoms. The van der Waals surface area contributed by atoms with E-state index in [9.17, 15) is 9.59 Å². The van der Waals surface area contributed by atoms with Crippen LogP contribution in [-0.4, -0.2) is 43.6 Å². The van der Waals surface area contributed by atoms with E-state index in [1.165, 1.54) is 22.6 Å². The van der Waals surface area contributed by atoms with Gasteiger partial charge in [0.05, 0.1) is 10.5 Å². The van der Waals surface area contributed by atoms with E-state index in [0.29, 0.717) is 26.3 Å². The Bertz CT molecular complexity index is 1060. The molecule has 2 aromatic heterocycles. The number of fused-ring (bicyclic) bond motifs is 1. The lowest BCUT2D eigenvalue weighted by Crippen LogP contribution is -2.36. The van der Waals surface area contributed by atoms with Crippen LogP contribution in [0.1, 0.15) is 45.1 Å². The van der Waals surface area contributed by atoms with Crippen LogP contribution in [0.25, 0.3) is 11.7 Å². The molecule has 2 aliphatic rings. The Morgan fingerprint density at radius 3 is 2.72 bits per heavy atom. The Morgan fingerprint density at radius 1 is 1.24 bits per heavy atom. The summed E-state index contributed by atoms with van der Waals surface area (Å²) >= 11 is 6.70. The average molecular weight is 429 g/mol. The third kappa shape index (κ3) is 3.71. The number of anilines is 1. The summed E-state index contributed by atoms with van der Waals surface area (Å²) in [5, 5.41) is 0. The summed E-state index contributed by atoms with van der Waals surface area (Å²) in [4.78, 5) is 35.4. The van der Waals surface area contributed by atoms with Crippen LogP contribution in [0.15, 0.2) is 34.1 Å². The van der Waals surface area contributed by atoms with Gasteiger partial charge in [-0.15, -0.1) is 0 Å². The van der Waals surface area contributed by atoms with E-state index >= 15 is 0 Å². The van der Waals surface area contributed by atoms with Crippen LogP contribution in [-0.2, 0) is 4.79 Å². The zero-order chi connectivity index (χ0) is 20.5. The van der Waals surface area contributed by atoms with Gasteiger partial charge in [-0.25, -0.2) is 4.98 Å². The zero-order valence-corrected chi connectivity index (χ0v) is 18.3. The third-order valence-electron chi connectivity index (χ3n) is 5.54. The predicted octanol–water partition coefficient (Wildman–Crippen LogP) is 3.68. The Kier molecular flexibility index (Phi) is 5.74. The Hall–Kier alpha value is -2.19. The van der Waals surface area contributed by atoms with Crippen LogP contribution < -0.4 is 10.5 Å². The highest BCUT2D eigenvalue weighted by atomic mass is 32.2. The van der Waals surface area contributed by atoms with Crippen molar-refractivity contribution >= 4 is 51.7 Å². The number of nitrogens with zero attached hydrogens (tertiary/aromatic N) is 4. The van der Waals surface area contributed by atoms with E-state index in [2.05, 4.69) is 4.90 Å². The van der Waals surface area contributed by atoms with Crippen molar-refractivity contribution in [1.29, 1.82) is 0 Å². The molecule has 2 fully saturated rings. The van der Waals surface area contributed by atoms with Crippen LogP contribution in [0.2, 0.25) is 0 Å². The fourth-order valence-corrected chi connectivity index (χ4v) is 5.18. The molecular weight excluding hydrogens is 404 g/mol. The second-order valence-corrected chi connectivity index (χ2v) is 9.12. The number of thiocarbonyl (C=S) groups is 1. The van der Waals surface area contributed by atoms with E-state index in [1.54, 1.807) is 17.2 Å². The normalized spacial score (nSPS) is 20.1. The Balaban J connectivity index is 1.85. The van der Waals surface area contributed by atoms with Crippen molar-refractivity contribution in [2.24, 2.45) is 0 Å². The summed E-state index contributed by atoms with van der Waals surface area (Å²) in [5.41, 5.74) is 0.910. The molecule has 0 aliphatic carbocycles. The lowest BCUT2D eigenvalue weighted by molar-refractivity contribution is -0.123. The van der Waals surface area contributed by atoms with Crippen molar-refractivity contribution in [3.8, 4) is 0 Å². The van der Waals surface area contributed by atoms with Gasteiger partial charge in [0.2, 0.25) is 0 Å². The second kappa shape index (κ2) is 8.28. The van der Waals surface area contributed by atoms with Crippen molar-refractivity contribution in [2.45, 2.75) is 45.6 Å². The molecule has 2 aromatic rings. The molecule has 0 spiro atoms. The molecule has 29 heavy (non-hydrogen) atoms. The summed E-state index contributed by atoms with van der Waals surface area (Å²) in [6.45, 7) is 5.74. The van der Waals surface area contributed by atoms with Crippen LogP contribution in [0.4, 0.5) is 5.82 Å². The molecule has 6 nitrogen and oxygen atoms in total. The molecule has 4 rings (SSSR count). The maximum absolute atomic E-state index is 13.3. The molecule has 1 amide bonds.